The number of aliphatic hydroxyl groups excluding tert-OH is 1. The fourth-order valence-electron chi connectivity index (χ4n) is 1.97. The molecule has 0 saturated carbocycles. The van der Waals surface area contributed by atoms with Gasteiger partial charge in [-0.05, 0) is 30.2 Å². The van der Waals surface area contributed by atoms with E-state index in [0.29, 0.717) is 5.75 Å². The van der Waals surface area contributed by atoms with Crippen LogP contribution in [0.2, 0.25) is 0 Å². The van der Waals surface area contributed by atoms with Crippen LogP contribution in [-0.4, -0.2) is 12.2 Å². The van der Waals surface area contributed by atoms with Gasteiger partial charge in [-0.2, -0.15) is 0 Å². The highest BCUT2D eigenvalue weighted by molar-refractivity contribution is 9.10. The molecular formula is C15H15BrO2. The molecule has 1 atom stereocenters. The summed E-state index contributed by atoms with van der Waals surface area (Å²) in [4.78, 5) is 0. The summed E-state index contributed by atoms with van der Waals surface area (Å²) >= 11 is 3.40. The number of aliphatic hydroxyl groups is 1. The van der Waals surface area contributed by atoms with Crippen LogP contribution in [0.15, 0.2) is 46.9 Å². The SMILES string of the molecule is COc1cc(Br)ccc1C(O)c1ccccc1C. The van der Waals surface area contributed by atoms with Gasteiger partial charge in [-0.25, -0.2) is 0 Å². The van der Waals surface area contributed by atoms with Gasteiger partial charge in [-0.3, -0.25) is 0 Å². The number of halogens is 1. The predicted molar refractivity (Wildman–Crippen MR) is 75.9 cm³/mol. The molecule has 1 N–H and O–H groups in total. The summed E-state index contributed by atoms with van der Waals surface area (Å²) < 4.78 is 6.25. The van der Waals surface area contributed by atoms with Crippen LogP contribution < -0.4 is 4.74 Å². The van der Waals surface area contributed by atoms with Crippen molar-refractivity contribution in [2.45, 2.75) is 13.0 Å². The molecule has 0 spiro atoms. The number of benzene rings is 2. The third kappa shape index (κ3) is 2.57. The molecule has 2 aromatic rings. The molecule has 18 heavy (non-hydrogen) atoms. The standard InChI is InChI=1S/C15H15BrO2/c1-10-5-3-4-6-12(10)15(17)13-8-7-11(16)9-14(13)18-2/h3-9,15,17H,1-2H3. The fourth-order valence-corrected chi connectivity index (χ4v) is 2.31. The zero-order valence-electron chi connectivity index (χ0n) is 10.4. The first-order valence-corrected chi connectivity index (χ1v) is 6.50. The van der Waals surface area contributed by atoms with Crippen LogP contribution in [0.3, 0.4) is 0 Å². The van der Waals surface area contributed by atoms with E-state index in [4.69, 9.17) is 4.74 Å². The molecular weight excluding hydrogens is 292 g/mol. The monoisotopic (exact) mass is 306 g/mol. The van der Waals surface area contributed by atoms with Crippen molar-refractivity contribution in [3.05, 3.63) is 63.6 Å². The van der Waals surface area contributed by atoms with Crippen LogP contribution in [0, 0.1) is 6.92 Å². The minimum atomic E-state index is -0.672. The highest BCUT2D eigenvalue weighted by Crippen LogP contribution is 2.33. The molecule has 1 unspecified atom stereocenters. The molecule has 0 aliphatic carbocycles. The van der Waals surface area contributed by atoms with Gasteiger partial charge in [0, 0.05) is 10.0 Å². The van der Waals surface area contributed by atoms with Crippen molar-refractivity contribution >= 4 is 15.9 Å². The molecule has 0 radical (unpaired) electrons. The molecule has 0 aromatic heterocycles. The molecule has 0 aliphatic rings. The molecule has 0 fully saturated rings. The minimum Gasteiger partial charge on any atom is -0.496 e. The topological polar surface area (TPSA) is 29.5 Å². The van der Waals surface area contributed by atoms with Crippen LogP contribution in [0.5, 0.6) is 5.75 Å². The van der Waals surface area contributed by atoms with Crippen molar-refractivity contribution in [1.82, 2.24) is 0 Å². The molecule has 0 heterocycles. The van der Waals surface area contributed by atoms with Crippen LogP contribution >= 0.6 is 15.9 Å². The molecule has 0 aliphatic heterocycles. The lowest BCUT2D eigenvalue weighted by molar-refractivity contribution is 0.214. The van der Waals surface area contributed by atoms with Crippen molar-refractivity contribution in [2.75, 3.05) is 7.11 Å². The summed E-state index contributed by atoms with van der Waals surface area (Å²) in [7, 11) is 1.61. The number of hydrogen-bond donors (Lipinski definition) is 1. The van der Waals surface area contributed by atoms with E-state index in [2.05, 4.69) is 15.9 Å². The molecule has 2 nitrogen and oxygen atoms in total. The average Bonchev–Trinajstić information content (AvgIpc) is 2.38. The van der Waals surface area contributed by atoms with Gasteiger partial charge in [0.05, 0.1) is 7.11 Å². The molecule has 2 rings (SSSR count). The van der Waals surface area contributed by atoms with Crippen LogP contribution in [0.1, 0.15) is 22.8 Å². The lowest BCUT2D eigenvalue weighted by atomic mass is 9.97. The van der Waals surface area contributed by atoms with E-state index < -0.39 is 6.10 Å². The molecule has 0 bridgehead atoms. The average molecular weight is 307 g/mol. The summed E-state index contributed by atoms with van der Waals surface area (Å²) in [6.45, 7) is 1.99. The Morgan fingerprint density at radius 1 is 1.11 bits per heavy atom. The third-order valence-electron chi connectivity index (χ3n) is 2.97. The highest BCUT2D eigenvalue weighted by Gasteiger charge is 2.16. The number of aryl methyl sites for hydroxylation is 1. The maximum absolute atomic E-state index is 10.5. The second-order valence-electron chi connectivity index (χ2n) is 4.15. The summed E-state index contributed by atoms with van der Waals surface area (Å²) in [6, 6.07) is 13.4. The Bertz CT molecular complexity index is 552. The van der Waals surface area contributed by atoms with Gasteiger partial charge in [0.2, 0.25) is 0 Å². The second kappa shape index (κ2) is 5.55. The summed E-state index contributed by atoms with van der Waals surface area (Å²) in [5, 5.41) is 10.5. The Kier molecular flexibility index (Phi) is 4.04. The largest absolute Gasteiger partial charge is 0.496 e. The van der Waals surface area contributed by atoms with Gasteiger partial charge in [0.1, 0.15) is 11.9 Å². The van der Waals surface area contributed by atoms with Gasteiger partial charge in [-0.1, -0.05) is 46.3 Å². The molecule has 3 heteroatoms. The number of rotatable bonds is 3. The van der Waals surface area contributed by atoms with E-state index in [0.717, 1.165) is 21.2 Å². The predicted octanol–water partition coefficient (Wildman–Crippen LogP) is 3.85. The van der Waals surface area contributed by atoms with Crippen molar-refractivity contribution in [1.29, 1.82) is 0 Å². The molecule has 0 amide bonds. The molecule has 94 valence electrons. The fraction of sp³-hybridized carbons (Fsp3) is 0.200. The van der Waals surface area contributed by atoms with E-state index in [1.54, 1.807) is 7.11 Å². The van der Waals surface area contributed by atoms with Gasteiger partial charge < -0.3 is 9.84 Å². The van der Waals surface area contributed by atoms with E-state index in [1.165, 1.54) is 0 Å². The summed E-state index contributed by atoms with van der Waals surface area (Å²) in [6.07, 6.45) is -0.672. The first kappa shape index (κ1) is 13.1. The normalized spacial score (nSPS) is 12.2. The van der Waals surface area contributed by atoms with Crippen LogP contribution in [-0.2, 0) is 0 Å². The molecule has 0 saturated heterocycles. The van der Waals surface area contributed by atoms with E-state index in [1.807, 2.05) is 49.4 Å². The number of ether oxygens (including phenoxy) is 1. The minimum absolute atomic E-state index is 0.672. The second-order valence-corrected chi connectivity index (χ2v) is 5.06. The van der Waals surface area contributed by atoms with Crippen molar-refractivity contribution in [3.8, 4) is 5.75 Å². The van der Waals surface area contributed by atoms with Gasteiger partial charge in [0.15, 0.2) is 0 Å². The third-order valence-corrected chi connectivity index (χ3v) is 3.47. The first-order chi connectivity index (χ1) is 8.63. The summed E-state index contributed by atoms with van der Waals surface area (Å²) in [5.41, 5.74) is 2.74. The van der Waals surface area contributed by atoms with E-state index in [9.17, 15) is 5.11 Å². The Morgan fingerprint density at radius 3 is 2.50 bits per heavy atom. The Morgan fingerprint density at radius 2 is 1.83 bits per heavy atom. The Balaban J connectivity index is 2.46. The maximum Gasteiger partial charge on any atom is 0.126 e. The van der Waals surface area contributed by atoms with Crippen molar-refractivity contribution in [3.63, 3.8) is 0 Å². The van der Waals surface area contributed by atoms with Crippen molar-refractivity contribution in [2.24, 2.45) is 0 Å². The lowest BCUT2D eigenvalue weighted by Gasteiger charge is -2.17. The zero-order valence-corrected chi connectivity index (χ0v) is 11.9. The Labute approximate surface area is 115 Å². The first-order valence-electron chi connectivity index (χ1n) is 5.70. The quantitative estimate of drug-likeness (QED) is 0.933. The number of hydrogen-bond acceptors (Lipinski definition) is 2. The van der Waals surface area contributed by atoms with Gasteiger partial charge >= 0.3 is 0 Å². The van der Waals surface area contributed by atoms with Crippen LogP contribution in [0.4, 0.5) is 0 Å². The zero-order chi connectivity index (χ0) is 13.1. The maximum atomic E-state index is 10.5. The lowest BCUT2D eigenvalue weighted by Crippen LogP contribution is -2.04. The van der Waals surface area contributed by atoms with Gasteiger partial charge in [-0.15, -0.1) is 0 Å². The van der Waals surface area contributed by atoms with Gasteiger partial charge in [0.25, 0.3) is 0 Å². The smallest absolute Gasteiger partial charge is 0.126 e. The molecule has 2 aromatic carbocycles. The summed E-state index contributed by atoms with van der Waals surface area (Å²) in [5.74, 6) is 0.681. The highest BCUT2D eigenvalue weighted by atomic mass is 79.9. The van der Waals surface area contributed by atoms with E-state index in [-0.39, 0.29) is 0 Å². The van der Waals surface area contributed by atoms with Crippen molar-refractivity contribution < 1.29 is 9.84 Å². The number of methoxy groups -OCH3 is 1. The van der Waals surface area contributed by atoms with E-state index >= 15 is 0 Å². The van der Waals surface area contributed by atoms with Crippen LogP contribution in [0.25, 0.3) is 0 Å². The Hall–Kier alpha value is -1.32.